The van der Waals surface area contributed by atoms with Crippen LogP contribution >= 0.6 is 0 Å². The highest BCUT2D eigenvalue weighted by atomic mass is 32.2. The van der Waals surface area contributed by atoms with Crippen LogP contribution in [-0.4, -0.2) is 15.0 Å². The highest BCUT2D eigenvalue weighted by molar-refractivity contribution is 7.74. The van der Waals surface area contributed by atoms with Gasteiger partial charge in [-0.15, -0.1) is 0 Å². The van der Waals surface area contributed by atoms with Gasteiger partial charge < -0.3 is 9.35 Å². The number of carbonyl (C=O) groups excluding carboxylic acids is 1. The first-order valence-corrected chi connectivity index (χ1v) is 8.74. The van der Waals surface area contributed by atoms with E-state index in [-0.39, 0.29) is 12.5 Å². The maximum Gasteiger partial charge on any atom is 0.127 e. The van der Waals surface area contributed by atoms with Gasteiger partial charge in [-0.05, 0) is 40.7 Å². The molecule has 0 saturated carbocycles. The molecular formula is C19H17O4S-. The molecule has 2 atom stereocenters. The summed E-state index contributed by atoms with van der Waals surface area (Å²) in [6.07, 6.45) is 2.71. The van der Waals surface area contributed by atoms with Crippen LogP contribution in [-0.2, 0) is 26.9 Å². The Morgan fingerprint density at radius 2 is 1.79 bits per heavy atom. The molecule has 3 rings (SSSR count). The molecule has 5 heteroatoms. The molecule has 0 bridgehead atoms. The summed E-state index contributed by atoms with van der Waals surface area (Å²) >= 11 is -2.51. The van der Waals surface area contributed by atoms with Crippen LogP contribution < -0.4 is 0 Å². The van der Waals surface area contributed by atoms with Crippen molar-refractivity contribution in [1.82, 2.24) is 0 Å². The fourth-order valence-electron chi connectivity index (χ4n) is 3.16. The van der Waals surface area contributed by atoms with Crippen molar-refractivity contribution in [3.05, 3.63) is 71.3 Å². The average Bonchev–Trinajstić information content (AvgIpc) is 3.05. The van der Waals surface area contributed by atoms with E-state index in [4.69, 9.17) is 0 Å². The number of aldehydes is 1. The Hall–Kier alpha value is -2.08. The van der Waals surface area contributed by atoms with Gasteiger partial charge in [0.1, 0.15) is 6.29 Å². The van der Waals surface area contributed by atoms with Crippen LogP contribution in [0.3, 0.4) is 0 Å². The molecule has 124 valence electrons. The summed E-state index contributed by atoms with van der Waals surface area (Å²) in [7, 11) is 0. The molecule has 24 heavy (non-hydrogen) atoms. The van der Waals surface area contributed by atoms with Crippen molar-refractivity contribution in [2.75, 3.05) is 0 Å². The molecule has 1 aliphatic carbocycles. The van der Waals surface area contributed by atoms with E-state index in [0.717, 1.165) is 41.4 Å². The van der Waals surface area contributed by atoms with E-state index in [0.29, 0.717) is 0 Å². The Kier molecular flexibility index (Phi) is 5.35. The van der Waals surface area contributed by atoms with E-state index < -0.39 is 11.4 Å². The van der Waals surface area contributed by atoms with Crippen LogP contribution in [0.2, 0.25) is 0 Å². The fourth-order valence-corrected chi connectivity index (χ4v) is 3.40. The van der Waals surface area contributed by atoms with Gasteiger partial charge in [-0.25, -0.2) is 4.21 Å². The lowest BCUT2D eigenvalue weighted by atomic mass is 9.92. The summed E-state index contributed by atoms with van der Waals surface area (Å²) in [5.41, 5.74) is 5.20. The zero-order valence-electron chi connectivity index (χ0n) is 13.0. The van der Waals surface area contributed by atoms with Crippen molar-refractivity contribution < 1.29 is 17.7 Å². The summed E-state index contributed by atoms with van der Waals surface area (Å²) < 4.78 is 25.5. The molecule has 0 spiro atoms. The number of carbonyl (C=O) groups is 1. The molecule has 4 nitrogen and oxygen atoms in total. The monoisotopic (exact) mass is 341 g/mol. The van der Waals surface area contributed by atoms with E-state index in [1.807, 2.05) is 54.6 Å². The molecule has 0 aliphatic heterocycles. The summed E-state index contributed by atoms with van der Waals surface area (Å²) in [5, 5.41) is 0. The predicted molar refractivity (Wildman–Crippen MR) is 92.2 cm³/mol. The Morgan fingerprint density at radius 1 is 1.08 bits per heavy atom. The summed E-state index contributed by atoms with van der Waals surface area (Å²) in [5.74, 6) is -0.0757. The average molecular weight is 341 g/mol. The normalized spacial score (nSPS) is 18.6. The van der Waals surface area contributed by atoms with Gasteiger partial charge in [-0.1, -0.05) is 54.6 Å². The molecule has 0 aromatic heterocycles. The minimum atomic E-state index is -2.51. The standard InChI is InChI=1S/C19H18O4S/c20-12-17-10-11-18(19(17)16-4-2-1-3-5-16)15-8-6-14(7-9-15)13-23-24(21)22/h1-9,12,17H,10-11,13H2,(H,21,22)/p-1. The van der Waals surface area contributed by atoms with Gasteiger partial charge in [0.25, 0.3) is 0 Å². The SMILES string of the molecule is O=CC1CCC(c2ccc(COS(=O)[O-])cc2)=C1c1ccccc1. The van der Waals surface area contributed by atoms with Gasteiger partial charge in [0.2, 0.25) is 0 Å². The number of allylic oxidation sites excluding steroid dienone is 2. The molecule has 2 aromatic carbocycles. The molecule has 0 N–H and O–H groups in total. The van der Waals surface area contributed by atoms with Crippen LogP contribution in [0, 0.1) is 5.92 Å². The zero-order valence-corrected chi connectivity index (χ0v) is 13.8. The summed E-state index contributed by atoms with van der Waals surface area (Å²) in [4.78, 5) is 11.5. The van der Waals surface area contributed by atoms with Crippen molar-refractivity contribution in [1.29, 1.82) is 0 Å². The predicted octanol–water partition coefficient (Wildman–Crippen LogP) is 3.52. The molecule has 0 radical (unpaired) electrons. The third-order valence-electron chi connectivity index (χ3n) is 4.27. The second kappa shape index (κ2) is 7.66. The Morgan fingerprint density at radius 3 is 2.42 bits per heavy atom. The molecular weight excluding hydrogens is 324 g/mol. The largest absolute Gasteiger partial charge is 0.750 e. The Labute approximate surface area is 143 Å². The van der Waals surface area contributed by atoms with Gasteiger partial charge in [0, 0.05) is 5.92 Å². The third kappa shape index (κ3) is 3.70. The van der Waals surface area contributed by atoms with Crippen molar-refractivity contribution >= 4 is 28.8 Å². The smallest absolute Gasteiger partial charge is 0.127 e. The lowest BCUT2D eigenvalue weighted by Gasteiger charge is -2.12. The van der Waals surface area contributed by atoms with Crippen molar-refractivity contribution in [2.45, 2.75) is 19.4 Å². The van der Waals surface area contributed by atoms with Gasteiger partial charge in [0.05, 0.1) is 18.0 Å². The van der Waals surface area contributed by atoms with E-state index in [1.165, 1.54) is 5.57 Å². The van der Waals surface area contributed by atoms with Gasteiger partial charge >= 0.3 is 0 Å². The van der Waals surface area contributed by atoms with Crippen LogP contribution in [0.5, 0.6) is 0 Å². The van der Waals surface area contributed by atoms with E-state index >= 15 is 0 Å². The van der Waals surface area contributed by atoms with Crippen LogP contribution in [0.15, 0.2) is 54.6 Å². The second-order valence-corrected chi connectivity index (χ2v) is 6.35. The van der Waals surface area contributed by atoms with Crippen LogP contribution in [0.1, 0.15) is 29.5 Å². The third-order valence-corrected chi connectivity index (χ3v) is 4.58. The summed E-state index contributed by atoms with van der Waals surface area (Å²) in [6, 6.07) is 17.6. The van der Waals surface area contributed by atoms with Crippen LogP contribution in [0.4, 0.5) is 0 Å². The van der Waals surface area contributed by atoms with E-state index in [9.17, 15) is 13.6 Å². The number of hydrogen-bond donors (Lipinski definition) is 0. The maximum absolute atomic E-state index is 11.5. The maximum atomic E-state index is 11.5. The van der Waals surface area contributed by atoms with Gasteiger partial charge in [-0.2, -0.15) is 0 Å². The minimum absolute atomic E-state index is 0.0257. The molecule has 1 aliphatic rings. The zero-order chi connectivity index (χ0) is 16.9. The molecule has 2 aromatic rings. The molecule has 0 saturated heterocycles. The fraction of sp³-hybridized carbons (Fsp3) is 0.211. The number of benzene rings is 2. The Balaban J connectivity index is 1.93. The second-order valence-electron chi connectivity index (χ2n) is 5.70. The lowest BCUT2D eigenvalue weighted by Crippen LogP contribution is -2.00. The molecule has 0 fully saturated rings. The minimum Gasteiger partial charge on any atom is -0.750 e. The molecule has 2 unspecified atom stereocenters. The quantitative estimate of drug-likeness (QED) is 0.595. The van der Waals surface area contributed by atoms with Crippen LogP contribution in [0.25, 0.3) is 11.1 Å². The number of hydrogen-bond acceptors (Lipinski definition) is 4. The van der Waals surface area contributed by atoms with E-state index in [1.54, 1.807) is 0 Å². The first-order chi connectivity index (χ1) is 11.7. The van der Waals surface area contributed by atoms with Gasteiger partial charge in [-0.3, -0.25) is 4.18 Å². The highest BCUT2D eigenvalue weighted by Crippen LogP contribution is 2.42. The summed E-state index contributed by atoms with van der Waals surface area (Å²) in [6.45, 7) is 0.0257. The van der Waals surface area contributed by atoms with E-state index in [2.05, 4.69) is 4.18 Å². The first kappa shape index (κ1) is 16.8. The Bertz CT molecular complexity index is 766. The number of rotatable bonds is 6. The van der Waals surface area contributed by atoms with Crippen molar-refractivity contribution in [3.8, 4) is 0 Å². The van der Waals surface area contributed by atoms with Crippen molar-refractivity contribution in [2.24, 2.45) is 5.92 Å². The van der Waals surface area contributed by atoms with Gasteiger partial charge in [0.15, 0.2) is 0 Å². The highest BCUT2D eigenvalue weighted by Gasteiger charge is 2.26. The van der Waals surface area contributed by atoms with Crippen molar-refractivity contribution in [3.63, 3.8) is 0 Å². The topological polar surface area (TPSA) is 66.4 Å². The first-order valence-electron chi connectivity index (χ1n) is 7.74. The molecule has 0 amide bonds. The lowest BCUT2D eigenvalue weighted by molar-refractivity contribution is -0.109. The molecule has 0 heterocycles.